The second-order valence-corrected chi connectivity index (χ2v) is 5.24. The van der Waals surface area contributed by atoms with Crippen molar-refractivity contribution in [2.45, 2.75) is 13.5 Å². The highest BCUT2D eigenvalue weighted by molar-refractivity contribution is 7.80. The van der Waals surface area contributed by atoms with Gasteiger partial charge in [0.05, 0.1) is 22.8 Å². The molecule has 2 rings (SSSR count). The van der Waals surface area contributed by atoms with Crippen LogP contribution < -0.4 is 11.1 Å². The van der Waals surface area contributed by atoms with Crippen LogP contribution in [0.25, 0.3) is 0 Å². The fourth-order valence-corrected chi connectivity index (χ4v) is 2.42. The van der Waals surface area contributed by atoms with Gasteiger partial charge in [-0.1, -0.05) is 18.3 Å². The number of benzene rings is 1. The predicted molar refractivity (Wildman–Crippen MR) is 76.5 cm³/mol. The first-order chi connectivity index (χ1) is 8.58. The van der Waals surface area contributed by atoms with Gasteiger partial charge in [-0.05, 0) is 19.1 Å². The Morgan fingerprint density at radius 3 is 2.94 bits per heavy atom. The summed E-state index contributed by atoms with van der Waals surface area (Å²) in [5.41, 5.74) is 7.28. The summed E-state index contributed by atoms with van der Waals surface area (Å²) < 4.78 is 13.6. The third-order valence-corrected chi connectivity index (χ3v) is 3.41. The Kier molecular flexibility index (Phi) is 3.88. The lowest BCUT2D eigenvalue weighted by molar-refractivity contribution is 0.626. The molecule has 0 atom stereocenters. The van der Waals surface area contributed by atoms with Crippen LogP contribution in [0.3, 0.4) is 0 Å². The molecule has 0 saturated carbocycles. The maximum atomic E-state index is 13.6. The molecule has 2 aromatic rings. The highest BCUT2D eigenvalue weighted by Gasteiger charge is 2.11. The van der Waals surface area contributed by atoms with E-state index in [1.54, 1.807) is 23.5 Å². The number of nitrogens with two attached hydrogens (primary N) is 1. The average molecular weight is 281 g/mol. The van der Waals surface area contributed by atoms with Gasteiger partial charge in [-0.15, -0.1) is 11.3 Å². The lowest BCUT2D eigenvalue weighted by Crippen LogP contribution is -2.15. The molecule has 0 aliphatic carbocycles. The van der Waals surface area contributed by atoms with Gasteiger partial charge in [0.2, 0.25) is 0 Å². The molecule has 0 aliphatic heterocycles. The molecule has 6 heteroatoms. The van der Waals surface area contributed by atoms with Gasteiger partial charge in [0.25, 0.3) is 0 Å². The van der Waals surface area contributed by atoms with Crippen molar-refractivity contribution in [3.05, 3.63) is 45.7 Å². The molecule has 0 aliphatic rings. The number of aromatic nitrogens is 1. The van der Waals surface area contributed by atoms with Crippen LogP contribution >= 0.6 is 23.6 Å². The van der Waals surface area contributed by atoms with Crippen LogP contribution in [-0.2, 0) is 6.54 Å². The Labute approximate surface area is 114 Å². The number of nitrogens with one attached hydrogen (secondary N) is 1. The summed E-state index contributed by atoms with van der Waals surface area (Å²) in [5.74, 6) is -0.415. The number of halogens is 1. The number of nitrogens with zero attached hydrogens (tertiary/aromatic N) is 1. The van der Waals surface area contributed by atoms with E-state index in [0.29, 0.717) is 12.2 Å². The maximum Gasteiger partial charge on any atom is 0.135 e. The fraction of sp³-hybridized carbons (Fsp3) is 0.167. The molecule has 0 saturated heterocycles. The summed E-state index contributed by atoms with van der Waals surface area (Å²) in [6.07, 6.45) is 0. The molecule has 0 spiro atoms. The molecule has 3 N–H and O–H groups in total. The molecule has 1 heterocycles. The Balaban J connectivity index is 2.19. The van der Waals surface area contributed by atoms with Gasteiger partial charge in [0.1, 0.15) is 10.8 Å². The van der Waals surface area contributed by atoms with Crippen LogP contribution in [-0.4, -0.2) is 9.97 Å². The molecule has 94 valence electrons. The number of hydrogen-bond acceptors (Lipinski definition) is 4. The lowest BCUT2D eigenvalue weighted by Gasteiger charge is -2.10. The first-order valence-electron chi connectivity index (χ1n) is 5.31. The number of hydrogen-bond donors (Lipinski definition) is 2. The van der Waals surface area contributed by atoms with Crippen molar-refractivity contribution in [2.24, 2.45) is 5.73 Å². The number of thiazole rings is 1. The molecule has 1 aromatic heterocycles. The normalized spacial score (nSPS) is 10.3. The SMILES string of the molecule is Cc1nc(CNc2cccc(F)c2C(N)=S)cs1. The first kappa shape index (κ1) is 12.9. The minimum absolute atomic E-state index is 0.0464. The third-order valence-electron chi connectivity index (χ3n) is 2.39. The highest BCUT2D eigenvalue weighted by atomic mass is 32.1. The van der Waals surface area contributed by atoms with Gasteiger partial charge in [0, 0.05) is 11.1 Å². The Hall–Kier alpha value is -1.53. The van der Waals surface area contributed by atoms with Crippen molar-refractivity contribution in [3.8, 4) is 0 Å². The second-order valence-electron chi connectivity index (χ2n) is 3.74. The molecule has 3 nitrogen and oxygen atoms in total. The van der Waals surface area contributed by atoms with Crippen LogP contribution in [0.15, 0.2) is 23.6 Å². The lowest BCUT2D eigenvalue weighted by atomic mass is 10.1. The molecule has 18 heavy (non-hydrogen) atoms. The molecular weight excluding hydrogens is 269 g/mol. The summed E-state index contributed by atoms with van der Waals surface area (Å²) in [7, 11) is 0. The monoisotopic (exact) mass is 281 g/mol. The van der Waals surface area contributed by atoms with E-state index in [9.17, 15) is 4.39 Å². The van der Waals surface area contributed by atoms with Gasteiger partial charge in [-0.25, -0.2) is 9.37 Å². The number of anilines is 1. The zero-order valence-corrected chi connectivity index (χ0v) is 11.4. The minimum atomic E-state index is -0.415. The summed E-state index contributed by atoms with van der Waals surface area (Å²) in [6.45, 7) is 2.46. The summed E-state index contributed by atoms with van der Waals surface area (Å²) in [6, 6.07) is 4.70. The fourth-order valence-electron chi connectivity index (χ4n) is 1.60. The highest BCUT2D eigenvalue weighted by Crippen LogP contribution is 2.20. The van der Waals surface area contributed by atoms with Crippen LogP contribution in [0, 0.1) is 12.7 Å². The third kappa shape index (κ3) is 2.83. The summed E-state index contributed by atoms with van der Waals surface area (Å²) in [4.78, 5) is 4.37. The summed E-state index contributed by atoms with van der Waals surface area (Å²) in [5, 5.41) is 6.06. The van der Waals surface area contributed by atoms with Crippen LogP contribution in [0.2, 0.25) is 0 Å². The Bertz CT molecular complexity index is 580. The van der Waals surface area contributed by atoms with Gasteiger partial charge < -0.3 is 11.1 Å². The smallest absolute Gasteiger partial charge is 0.135 e. The van der Waals surface area contributed by atoms with E-state index in [4.69, 9.17) is 18.0 Å². The molecular formula is C12H12FN3S2. The van der Waals surface area contributed by atoms with Crippen molar-refractivity contribution >= 4 is 34.2 Å². The van der Waals surface area contributed by atoms with Gasteiger partial charge in [-0.3, -0.25) is 0 Å². The summed E-state index contributed by atoms with van der Waals surface area (Å²) >= 11 is 6.43. The van der Waals surface area contributed by atoms with E-state index >= 15 is 0 Å². The van der Waals surface area contributed by atoms with Crippen LogP contribution in [0.4, 0.5) is 10.1 Å². The van der Waals surface area contributed by atoms with Crippen LogP contribution in [0.1, 0.15) is 16.3 Å². The van der Waals surface area contributed by atoms with E-state index in [1.807, 2.05) is 12.3 Å². The largest absolute Gasteiger partial charge is 0.389 e. The van der Waals surface area contributed by atoms with E-state index in [2.05, 4.69) is 10.3 Å². The average Bonchev–Trinajstić information content (AvgIpc) is 2.72. The molecule has 0 fully saturated rings. The molecule has 0 bridgehead atoms. The van der Waals surface area contributed by atoms with Crippen LogP contribution in [0.5, 0.6) is 0 Å². The van der Waals surface area contributed by atoms with E-state index in [0.717, 1.165) is 10.7 Å². The molecule has 0 radical (unpaired) electrons. The topological polar surface area (TPSA) is 50.9 Å². The maximum absolute atomic E-state index is 13.6. The molecule has 0 unspecified atom stereocenters. The van der Waals surface area contributed by atoms with Crippen molar-refractivity contribution in [3.63, 3.8) is 0 Å². The van der Waals surface area contributed by atoms with Crippen molar-refractivity contribution < 1.29 is 4.39 Å². The minimum Gasteiger partial charge on any atom is -0.389 e. The Morgan fingerprint density at radius 1 is 1.56 bits per heavy atom. The number of aryl methyl sites for hydroxylation is 1. The van der Waals surface area contributed by atoms with Crippen molar-refractivity contribution in [2.75, 3.05) is 5.32 Å². The standard InChI is InChI=1S/C12H12FN3S2/c1-7-16-8(6-18-7)5-15-10-4-2-3-9(13)11(10)12(14)17/h2-4,6,15H,5H2,1H3,(H2,14,17). The molecule has 0 amide bonds. The van der Waals surface area contributed by atoms with Crippen molar-refractivity contribution in [1.82, 2.24) is 4.98 Å². The zero-order chi connectivity index (χ0) is 13.1. The van der Waals surface area contributed by atoms with E-state index < -0.39 is 5.82 Å². The molecule has 1 aromatic carbocycles. The van der Waals surface area contributed by atoms with E-state index in [1.165, 1.54) is 6.07 Å². The predicted octanol–water partition coefficient (Wildman–Crippen LogP) is 2.84. The Morgan fingerprint density at radius 2 is 2.33 bits per heavy atom. The number of thiocarbonyl (C=S) groups is 1. The van der Waals surface area contributed by atoms with Gasteiger partial charge in [-0.2, -0.15) is 0 Å². The van der Waals surface area contributed by atoms with E-state index in [-0.39, 0.29) is 10.6 Å². The van der Waals surface area contributed by atoms with Crippen molar-refractivity contribution in [1.29, 1.82) is 0 Å². The van der Waals surface area contributed by atoms with Gasteiger partial charge in [0.15, 0.2) is 0 Å². The quantitative estimate of drug-likeness (QED) is 0.846. The van der Waals surface area contributed by atoms with Gasteiger partial charge >= 0.3 is 0 Å². The first-order valence-corrected chi connectivity index (χ1v) is 6.60. The number of rotatable bonds is 4. The second kappa shape index (κ2) is 5.41. The zero-order valence-electron chi connectivity index (χ0n) is 9.74.